The van der Waals surface area contributed by atoms with Crippen LogP contribution in [0.15, 0.2) is 42.5 Å². The van der Waals surface area contributed by atoms with Crippen molar-refractivity contribution in [2.24, 2.45) is 5.73 Å². The minimum absolute atomic E-state index is 0.0607. The molecular weight excluding hydrogens is 464 g/mol. The summed E-state index contributed by atoms with van der Waals surface area (Å²) < 4.78 is 36.8. The van der Waals surface area contributed by atoms with Gasteiger partial charge in [-0.2, -0.15) is 8.42 Å². The van der Waals surface area contributed by atoms with E-state index in [0.29, 0.717) is 30.2 Å². The van der Waals surface area contributed by atoms with Gasteiger partial charge in [0.05, 0.1) is 13.2 Å². The third kappa shape index (κ3) is 6.99. The standard InChI is InChI=1S/C22H28N4O7S/c1-15-12-18(30-10-5-11-31-26(22(23)24)32-16(2)27)14-19(13-15)33-34(28,29)21-9-8-17-6-3-4-7-20(17)25-21/h3-4,6-7,12-14,21,25H,5,8-11H2,1-2H3,(H3,23,24). The maximum Gasteiger partial charge on any atom is 0.332 e. The van der Waals surface area contributed by atoms with Crippen molar-refractivity contribution in [1.82, 2.24) is 5.23 Å². The summed E-state index contributed by atoms with van der Waals surface area (Å²) in [6.45, 7) is 3.23. The topological polar surface area (TPSA) is 153 Å². The minimum Gasteiger partial charge on any atom is -0.493 e. The number of guanidine groups is 1. The molecule has 2 aromatic carbocycles. The fourth-order valence-corrected chi connectivity index (χ4v) is 4.48. The van der Waals surface area contributed by atoms with Gasteiger partial charge in [0.2, 0.25) is 0 Å². The molecule has 1 heterocycles. The first-order valence-corrected chi connectivity index (χ1v) is 12.1. The summed E-state index contributed by atoms with van der Waals surface area (Å²) in [6, 6.07) is 12.5. The largest absolute Gasteiger partial charge is 0.493 e. The molecule has 1 unspecified atom stereocenters. The molecule has 0 fully saturated rings. The van der Waals surface area contributed by atoms with Crippen LogP contribution in [0, 0.1) is 12.3 Å². The fraction of sp³-hybridized carbons (Fsp3) is 0.364. The summed E-state index contributed by atoms with van der Waals surface area (Å²) in [7, 11) is -3.93. The Morgan fingerprint density at radius 1 is 1.21 bits per heavy atom. The predicted molar refractivity (Wildman–Crippen MR) is 124 cm³/mol. The Kier molecular flexibility index (Phi) is 8.18. The normalized spacial score (nSPS) is 14.9. The van der Waals surface area contributed by atoms with Crippen molar-refractivity contribution >= 4 is 27.7 Å². The SMILES string of the molecule is CC(=O)ON(OCCCOc1cc(C)cc(OS(=O)(=O)C2CCc3ccccc3N2)c1)C(=N)N. The number of nitrogens with two attached hydrogens (primary N) is 1. The van der Waals surface area contributed by atoms with Gasteiger partial charge in [0.25, 0.3) is 5.96 Å². The van der Waals surface area contributed by atoms with Crippen LogP contribution >= 0.6 is 0 Å². The number of rotatable bonds is 9. The number of nitrogens with one attached hydrogen (secondary N) is 2. The molecule has 11 nitrogen and oxygen atoms in total. The number of hydrogen-bond acceptors (Lipinski definition) is 9. The zero-order valence-electron chi connectivity index (χ0n) is 18.9. The lowest BCUT2D eigenvalue weighted by Crippen LogP contribution is -2.38. The third-order valence-corrected chi connectivity index (χ3v) is 6.24. The molecule has 0 bridgehead atoms. The van der Waals surface area contributed by atoms with Crippen LogP contribution in [0.25, 0.3) is 0 Å². The molecule has 4 N–H and O–H groups in total. The quantitative estimate of drug-likeness (QED) is 0.156. The van der Waals surface area contributed by atoms with Gasteiger partial charge in [-0.3, -0.25) is 5.41 Å². The van der Waals surface area contributed by atoms with Gasteiger partial charge in [-0.1, -0.05) is 18.2 Å². The molecule has 1 aliphatic heterocycles. The molecule has 2 aromatic rings. The van der Waals surface area contributed by atoms with Gasteiger partial charge in [0.1, 0.15) is 11.5 Å². The van der Waals surface area contributed by atoms with Crippen LogP contribution in [0.1, 0.15) is 30.9 Å². The predicted octanol–water partition coefficient (Wildman–Crippen LogP) is 2.46. The van der Waals surface area contributed by atoms with Crippen LogP contribution in [0.5, 0.6) is 11.5 Å². The van der Waals surface area contributed by atoms with E-state index >= 15 is 0 Å². The Balaban J connectivity index is 1.54. The van der Waals surface area contributed by atoms with Crippen molar-refractivity contribution < 1.29 is 31.8 Å². The Morgan fingerprint density at radius 2 is 1.94 bits per heavy atom. The highest BCUT2D eigenvalue weighted by atomic mass is 32.2. The average Bonchev–Trinajstić information content (AvgIpc) is 2.76. The van der Waals surface area contributed by atoms with E-state index in [9.17, 15) is 13.2 Å². The van der Waals surface area contributed by atoms with Crippen molar-refractivity contribution in [2.45, 2.75) is 38.5 Å². The number of aryl methyl sites for hydroxylation is 2. The van der Waals surface area contributed by atoms with Gasteiger partial charge < -0.3 is 24.8 Å². The number of fused-ring (bicyclic) bond motifs is 1. The van der Waals surface area contributed by atoms with E-state index in [0.717, 1.165) is 23.7 Å². The summed E-state index contributed by atoms with van der Waals surface area (Å²) >= 11 is 0. The number of carbonyl (C=O) groups excluding carboxylic acids is 1. The van der Waals surface area contributed by atoms with Crippen molar-refractivity contribution in [1.29, 1.82) is 5.41 Å². The van der Waals surface area contributed by atoms with Crippen molar-refractivity contribution in [2.75, 3.05) is 18.5 Å². The molecule has 1 atom stereocenters. The van der Waals surface area contributed by atoms with E-state index in [1.54, 1.807) is 19.1 Å². The van der Waals surface area contributed by atoms with Gasteiger partial charge >= 0.3 is 16.1 Å². The molecule has 34 heavy (non-hydrogen) atoms. The fourth-order valence-electron chi connectivity index (χ4n) is 3.32. The Labute approximate surface area is 198 Å². The number of carbonyl (C=O) groups is 1. The molecule has 0 saturated heterocycles. The smallest absolute Gasteiger partial charge is 0.332 e. The van der Waals surface area contributed by atoms with Crippen LogP contribution in [0.2, 0.25) is 0 Å². The van der Waals surface area contributed by atoms with E-state index in [1.165, 1.54) is 6.07 Å². The number of nitrogens with zero attached hydrogens (tertiary/aromatic N) is 1. The highest BCUT2D eigenvalue weighted by Gasteiger charge is 2.31. The van der Waals surface area contributed by atoms with E-state index in [4.69, 9.17) is 24.9 Å². The lowest BCUT2D eigenvalue weighted by atomic mass is 10.0. The molecule has 0 spiro atoms. The van der Waals surface area contributed by atoms with Crippen LogP contribution in [0.4, 0.5) is 5.69 Å². The highest BCUT2D eigenvalue weighted by molar-refractivity contribution is 7.87. The molecule has 0 aliphatic carbocycles. The van der Waals surface area contributed by atoms with Gasteiger partial charge in [-0.05, 0) is 54.3 Å². The summed E-state index contributed by atoms with van der Waals surface area (Å²) in [4.78, 5) is 20.7. The first-order chi connectivity index (χ1) is 16.1. The van der Waals surface area contributed by atoms with E-state index < -0.39 is 27.4 Å². The van der Waals surface area contributed by atoms with Gasteiger partial charge in [-0.25, -0.2) is 9.63 Å². The highest BCUT2D eigenvalue weighted by Crippen LogP contribution is 2.29. The van der Waals surface area contributed by atoms with Crippen LogP contribution in [0.3, 0.4) is 0 Å². The van der Waals surface area contributed by atoms with Crippen LogP contribution in [-0.4, -0.2) is 44.2 Å². The minimum atomic E-state index is -3.93. The number of hydroxylamine groups is 2. The Bertz CT molecular complexity index is 1140. The van der Waals surface area contributed by atoms with E-state index in [2.05, 4.69) is 10.2 Å². The maximum atomic E-state index is 12.9. The zero-order chi connectivity index (χ0) is 24.7. The molecular formula is C22H28N4O7S. The van der Waals surface area contributed by atoms with Gasteiger partial charge in [0, 0.05) is 25.1 Å². The first kappa shape index (κ1) is 25.1. The Hall–Kier alpha value is -3.51. The first-order valence-electron chi connectivity index (χ1n) is 10.6. The average molecular weight is 493 g/mol. The summed E-state index contributed by atoms with van der Waals surface area (Å²) in [5.74, 6) is -0.671. The molecule has 184 valence electrons. The van der Waals surface area contributed by atoms with Gasteiger partial charge in [0.15, 0.2) is 5.37 Å². The lowest BCUT2D eigenvalue weighted by molar-refractivity contribution is -0.298. The molecule has 0 saturated carbocycles. The maximum absolute atomic E-state index is 12.9. The zero-order valence-corrected chi connectivity index (χ0v) is 19.8. The van der Waals surface area contributed by atoms with E-state index in [-0.39, 0.29) is 19.0 Å². The number of benzene rings is 2. The number of para-hydroxylation sites is 1. The second-order valence-corrected chi connectivity index (χ2v) is 9.37. The lowest BCUT2D eigenvalue weighted by Gasteiger charge is -2.26. The van der Waals surface area contributed by atoms with Crippen LogP contribution < -0.4 is 20.0 Å². The Morgan fingerprint density at radius 3 is 2.68 bits per heavy atom. The summed E-state index contributed by atoms with van der Waals surface area (Å²) in [5.41, 5.74) is 7.89. The molecule has 0 amide bonds. The number of ether oxygens (including phenoxy) is 1. The van der Waals surface area contributed by atoms with Crippen molar-refractivity contribution in [3.63, 3.8) is 0 Å². The van der Waals surface area contributed by atoms with Crippen LogP contribution in [-0.2, 0) is 31.0 Å². The van der Waals surface area contributed by atoms with E-state index in [1.807, 2.05) is 24.3 Å². The molecule has 12 heteroatoms. The molecule has 0 aromatic heterocycles. The summed E-state index contributed by atoms with van der Waals surface area (Å²) in [5, 5.41) is 10.00. The van der Waals surface area contributed by atoms with Gasteiger partial charge in [-0.15, -0.1) is 0 Å². The second kappa shape index (κ2) is 11.1. The van der Waals surface area contributed by atoms with Crippen molar-refractivity contribution in [3.05, 3.63) is 53.6 Å². The third-order valence-electron chi connectivity index (χ3n) is 4.77. The monoisotopic (exact) mass is 492 g/mol. The molecule has 3 rings (SSSR count). The molecule has 0 radical (unpaired) electrons. The summed E-state index contributed by atoms with van der Waals surface area (Å²) in [6.07, 6.45) is 1.41. The second-order valence-electron chi connectivity index (χ2n) is 7.65. The molecule has 1 aliphatic rings. The van der Waals surface area contributed by atoms with Crippen molar-refractivity contribution in [3.8, 4) is 11.5 Å². The number of anilines is 1. The number of hydrogen-bond donors (Lipinski definition) is 3.